The number of aliphatic hydroxyl groups excluding tert-OH is 1. The summed E-state index contributed by atoms with van der Waals surface area (Å²) in [5.41, 5.74) is 2.20. The predicted octanol–water partition coefficient (Wildman–Crippen LogP) is 5.65. The summed E-state index contributed by atoms with van der Waals surface area (Å²) in [6.07, 6.45) is 1.65. The molecule has 1 heterocycles. The first-order valence-electron chi connectivity index (χ1n) is 12.0. The van der Waals surface area contributed by atoms with Crippen LogP contribution in [0.15, 0.2) is 48.0 Å². The van der Waals surface area contributed by atoms with Crippen LogP contribution in [0.3, 0.4) is 0 Å². The second-order valence-corrected chi connectivity index (χ2v) is 9.03. The molecule has 2 aromatic carbocycles. The molecule has 2 aromatic rings. The maximum absolute atomic E-state index is 13.1. The Labute approximate surface area is 202 Å². The number of hydrogen-bond acceptors (Lipinski definition) is 5. The maximum Gasteiger partial charge on any atom is 0.295 e. The van der Waals surface area contributed by atoms with E-state index in [1.807, 2.05) is 45.0 Å². The summed E-state index contributed by atoms with van der Waals surface area (Å²) < 4.78 is 11.4. The van der Waals surface area contributed by atoms with E-state index in [2.05, 4.69) is 13.8 Å². The smallest absolute Gasteiger partial charge is 0.295 e. The zero-order valence-corrected chi connectivity index (χ0v) is 20.8. The number of hydrogen-bond donors (Lipinski definition) is 1. The number of likely N-dealkylation sites (tertiary alicyclic amines) is 1. The SMILES string of the molecule is CCCCN1C(=O)C(=O)/C(=C(\O)c2ccc(OCC(C)C)c(C)c2)C1c1ccc(OCC)cc1. The second-order valence-electron chi connectivity index (χ2n) is 9.03. The van der Waals surface area contributed by atoms with E-state index in [9.17, 15) is 14.7 Å². The Balaban J connectivity index is 2.05. The standard InChI is InChI=1S/C28H35NO5/c1-6-8-15-29-25(20-9-12-22(13-10-20)33-7-2)24(27(31)28(29)32)26(30)21-11-14-23(19(5)16-21)34-17-18(3)4/h9-14,16,18,25,30H,6-8,15,17H2,1-5H3/b26-24-. The molecular weight excluding hydrogens is 430 g/mol. The van der Waals surface area contributed by atoms with Crippen LogP contribution in [0.2, 0.25) is 0 Å². The van der Waals surface area contributed by atoms with Gasteiger partial charge in [0.05, 0.1) is 24.8 Å². The van der Waals surface area contributed by atoms with Crippen molar-refractivity contribution in [3.63, 3.8) is 0 Å². The molecule has 0 radical (unpaired) electrons. The lowest BCUT2D eigenvalue weighted by molar-refractivity contribution is -0.139. The minimum atomic E-state index is -0.662. The molecule has 0 spiro atoms. The zero-order chi connectivity index (χ0) is 24.8. The highest BCUT2D eigenvalue weighted by molar-refractivity contribution is 6.46. The topological polar surface area (TPSA) is 76.1 Å². The molecule has 0 aliphatic carbocycles. The molecule has 34 heavy (non-hydrogen) atoms. The van der Waals surface area contributed by atoms with Crippen molar-refractivity contribution in [2.24, 2.45) is 5.92 Å². The summed E-state index contributed by atoms with van der Waals surface area (Å²) >= 11 is 0. The van der Waals surface area contributed by atoms with E-state index in [-0.39, 0.29) is 11.3 Å². The van der Waals surface area contributed by atoms with Crippen LogP contribution < -0.4 is 9.47 Å². The Bertz CT molecular complexity index is 1050. The van der Waals surface area contributed by atoms with Crippen molar-refractivity contribution in [1.29, 1.82) is 0 Å². The molecule has 1 unspecified atom stereocenters. The van der Waals surface area contributed by atoms with Crippen LogP contribution >= 0.6 is 0 Å². The van der Waals surface area contributed by atoms with Crippen LogP contribution in [0.5, 0.6) is 11.5 Å². The van der Waals surface area contributed by atoms with Gasteiger partial charge >= 0.3 is 0 Å². The average Bonchev–Trinajstić information content (AvgIpc) is 3.06. The lowest BCUT2D eigenvalue weighted by Crippen LogP contribution is -2.30. The van der Waals surface area contributed by atoms with Crippen LogP contribution in [-0.4, -0.2) is 41.5 Å². The molecule has 1 aliphatic heterocycles. The fourth-order valence-electron chi connectivity index (χ4n) is 4.07. The van der Waals surface area contributed by atoms with Gasteiger partial charge in [0.15, 0.2) is 0 Å². The minimum Gasteiger partial charge on any atom is -0.507 e. The fourth-order valence-corrected chi connectivity index (χ4v) is 4.07. The van der Waals surface area contributed by atoms with Gasteiger partial charge in [0.1, 0.15) is 17.3 Å². The van der Waals surface area contributed by atoms with Gasteiger partial charge in [0.2, 0.25) is 0 Å². The summed E-state index contributed by atoms with van der Waals surface area (Å²) in [5.74, 6) is 0.421. The lowest BCUT2D eigenvalue weighted by Gasteiger charge is -2.25. The number of carbonyl (C=O) groups is 2. The van der Waals surface area contributed by atoms with E-state index in [0.29, 0.717) is 37.0 Å². The van der Waals surface area contributed by atoms with Crippen LogP contribution in [0.25, 0.3) is 5.76 Å². The predicted molar refractivity (Wildman–Crippen MR) is 133 cm³/mol. The van der Waals surface area contributed by atoms with Crippen molar-refractivity contribution >= 4 is 17.4 Å². The normalized spacial score (nSPS) is 17.5. The Morgan fingerprint density at radius 3 is 2.35 bits per heavy atom. The zero-order valence-electron chi connectivity index (χ0n) is 20.8. The van der Waals surface area contributed by atoms with Crippen molar-refractivity contribution in [2.45, 2.75) is 53.5 Å². The second kappa shape index (κ2) is 11.2. The number of ketones is 1. The molecule has 182 valence electrons. The quantitative estimate of drug-likeness (QED) is 0.279. The third kappa shape index (κ3) is 5.44. The van der Waals surface area contributed by atoms with Gasteiger partial charge in [-0.25, -0.2) is 0 Å². The summed E-state index contributed by atoms with van der Waals surface area (Å²) in [6, 6.07) is 12.0. The molecule has 0 bridgehead atoms. The molecule has 1 N–H and O–H groups in total. The summed E-state index contributed by atoms with van der Waals surface area (Å²) in [7, 11) is 0. The van der Waals surface area contributed by atoms with Crippen LogP contribution in [-0.2, 0) is 9.59 Å². The number of Topliss-reactive ketones (excluding diaryl/α,β-unsaturated/α-hetero) is 1. The van der Waals surface area contributed by atoms with Crippen molar-refractivity contribution in [3.05, 3.63) is 64.7 Å². The third-order valence-electron chi connectivity index (χ3n) is 5.82. The molecule has 1 saturated heterocycles. The Morgan fingerprint density at radius 2 is 1.76 bits per heavy atom. The van der Waals surface area contributed by atoms with Crippen LogP contribution in [0.4, 0.5) is 0 Å². The van der Waals surface area contributed by atoms with E-state index in [1.165, 1.54) is 0 Å². The molecule has 6 heteroatoms. The molecule has 0 saturated carbocycles. The van der Waals surface area contributed by atoms with E-state index in [1.54, 1.807) is 23.1 Å². The first kappa shape index (κ1) is 25.3. The van der Waals surface area contributed by atoms with Crippen LogP contribution in [0.1, 0.15) is 63.3 Å². The number of aliphatic hydroxyl groups is 1. The average molecular weight is 466 g/mol. The number of amides is 1. The number of carbonyl (C=O) groups excluding carboxylic acids is 2. The summed E-state index contributed by atoms with van der Waals surface area (Å²) in [4.78, 5) is 27.7. The van der Waals surface area contributed by atoms with Crippen molar-refractivity contribution in [1.82, 2.24) is 4.90 Å². The Hall–Kier alpha value is -3.28. The first-order chi connectivity index (χ1) is 16.3. The van der Waals surface area contributed by atoms with Gasteiger partial charge < -0.3 is 19.5 Å². The lowest BCUT2D eigenvalue weighted by atomic mass is 9.94. The number of nitrogens with zero attached hydrogens (tertiary/aromatic N) is 1. The van der Waals surface area contributed by atoms with Crippen molar-refractivity contribution in [3.8, 4) is 11.5 Å². The minimum absolute atomic E-state index is 0.112. The highest BCUT2D eigenvalue weighted by Crippen LogP contribution is 2.40. The van der Waals surface area contributed by atoms with Crippen molar-refractivity contribution < 1.29 is 24.2 Å². The molecule has 1 fully saturated rings. The molecule has 1 atom stereocenters. The van der Waals surface area contributed by atoms with Gasteiger partial charge in [-0.05, 0) is 67.6 Å². The van der Waals surface area contributed by atoms with Gasteiger partial charge in [0, 0.05) is 12.1 Å². The molecule has 1 aliphatic rings. The summed E-state index contributed by atoms with van der Waals surface area (Å²) in [5, 5.41) is 11.3. The number of aryl methyl sites for hydroxylation is 1. The molecular formula is C28H35NO5. The molecule has 6 nitrogen and oxygen atoms in total. The van der Waals surface area contributed by atoms with E-state index >= 15 is 0 Å². The van der Waals surface area contributed by atoms with E-state index in [0.717, 1.165) is 29.7 Å². The third-order valence-corrected chi connectivity index (χ3v) is 5.82. The molecule has 0 aromatic heterocycles. The number of unbranched alkanes of at least 4 members (excludes halogenated alkanes) is 1. The Kier molecular flexibility index (Phi) is 8.37. The van der Waals surface area contributed by atoms with Gasteiger partial charge in [-0.3, -0.25) is 9.59 Å². The van der Waals surface area contributed by atoms with E-state index < -0.39 is 17.7 Å². The first-order valence-corrected chi connectivity index (χ1v) is 12.0. The van der Waals surface area contributed by atoms with E-state index in [4.69, 9.17) is 9.47 Å². The number of ether oxygens (including phenoxy) is 2. The maximum atomic E-state index is 13.1. The van der Waals surface area contributed by atoms with Gasteiger partial charge in [-0.1, -0.05) is 39.3 Å². The highest BCUT2D eigenvalue weighted by Gasteiger charge is 2.45. The van der Waals surface area contributed by atoms with Gasteiger partial charge in [-0.2, -0.15) is 0 Å². The summed E-state index contributed by atoms with van der Waals surface area (Å²) in [6.45, 7) is 11.6. The van der Waals surface area contributed by atoms with Gasteiger partial charge in [-0.15, -0.1) is 0 Å². The Morgan fingerprint density at radius 1 is 1.06 bits per heavy atom. The number of benzene rings is 2. The number of rotatable bonds is 10. The molecule has 3 rings (SSSR count). The van der Waals surface area contributed by atoms with Gasteiger partial charge in [0.25, 0.3) is 11.7 Å². The molecule has 1 amide bonds. The largest absolute Gasteiger partial charge is 0.507 e. The highest BCUT2D eigenvalue weighted by atomic mass is 16.5. The van der Waals surface area contributed by atoms with Crippen LogP contribution in [0, 0.1) is 12.8 Å². The fraction of sp³-hybridized carbons (Fsp3) is 0.429. The van der Waals surface area contributed by atoms with Crippen molar-refractivity contribution in [2.75, 3.05) is 19.8 Å². The monoisotopic (exact) mass is 465 g/mol.